The van der Waals surface area contributed by atoms with Crippen molar-refractivity contribution in [2.24, 2.45) is 0 Å². The molecule has 0 radical (unpaired) electrons. The molecule has 1 saturated heterocycles. The molecule has 1 aliphatic heterocycles. The van der Waals surface area contributed by atoms with Gasteiger partial charge in [-0.05, 0) is 0 Å². The summed E-state index contributed by atoms with van der Waals surface area (Å²) in [6, 6.07) is 0. The molecule has 1 heterocycles. The summed E-state index contributed by atoms with van der Waals surface area (Å²) >= 11 is -0.141. The van der Waals surface area contributed by atoms with Gasteiger partial charge >= 0.3 is 46.4 Å². The molecule has 38 valence electrons. The van der Waals surface area contributed by atoms with E-state index >= 15 is 0 Å². The summed E-state index contributed by atoms with van der Waals surface area (Å²) in [7, 11) is 0. The van der Waals surface area contributed by atoms with Crippen LogP contribution in [0.15, 0.2) is 0 Å². The number of rotatable bonds is 1. The Kier molecular flexibility index (Phi) is 1.37. The molecule has 1 rings (SSSR count). The van der Waals surface area contributed by atoms with Gasteiger partial charge in [-0.1, -0.05) is 0 Å². The predicted molar refractivity (Wildman–Crippen MR) is 38.9 cm³/mol. The van der Waals surface area contributed by atoms with Crippen molar-refractivity contribution in [3.63, 3.8) is 0 Å². The Labute approximate surface area is 46.7 Å². The fourth-order valence-corrected chi connectivity index (χ4v) is 6.28. The van der Waals surface area contributed by atoms with E-state index in [9.17, 15) is 0 Å². The van der Waals surface area contributed by atoms with Crippen molar-refractivity contribution in [2.45, 2.75) is 17.3 Å². The summed E-state index contributed by atoms with van der Waals surface area (Å²) in [5.74, 6) is 0. The van der Waals surface area contributed by atoms with Crippen molar-refractivity contribution in [3.05, 3.63) is 0 Å². The first-order chi connectivity index (χ1) is 2.84. The molecule has 0 aromatic rings. The van der Waals surface area contributed by atoms with Gasteiger partial charge in [-0.25, -0.2) is 0 Å². The van der Waals surface area contributed by atoms with Crippen LogP contribution in [0.2, 0.25) is 0 Å². The predicted octanol–water partition coefficient (Wildman–Crippen LogP) is 1.91. The SMILES string of the molecule is CCC1CI1C. The van der Waals surface area contributed by atoms with Crippen molar-refractivity contribution in [1.82, 2.24) is 0 Å². The van der Waals surface area contributed by atoms with Gasteiger partial charge in [0.2, 0.25) is 0 Å². The third kappa shape index (κ3) is 0.863. The second-order valence-electron chi connectivity index (χ2n) is 1.80. The van der Waals surface area contributed by atoms with E-state index in [2.05, 4.69) is 11.9 Å². The standard InChI is InChI=1S/C5H11I/c1-3-5-4-6(5)2/h5H,3-4H2,1-2H3. The number of alkyl halides is 3. The molecule has 0 aliphatic carbocycles. The zero-order valence-electron chi connectivity index (χ0n) is 4.37. The van der Waals surface area contributed by atoms with Crippen molar-refractivity contribution in [1.29, 1.82) is 0 Å². The topological polar surface area (TPSA) is 0 Å². The van der Waals surface area contributed by atoms with E-state index in [-0.39, 0.29) is 19.8 Å². The van der Waals surface area contributed by atoms with Crippen molar-refractivity contribution in [2.75, 3.05) is 9.36 Å². The van der Waals surface area contributed by atoms with Crippen LogP contribution in [0.25, 0.3) is 0 Å². The summed E-state index contributed by atoms with van der Waals surface area (Å²) in [5, 5.41) is 0. The summed E-state index contributed by atoms with van der Waals surface area (Å²) < 4.78 is 2.91. The van der Waals surface area contributed by atoms with Crippen molar-refractivity contribution < 1.29 is 0 Å². The normalized spacial score (nSPS) is 37.0. The van der Waals surface area contributed by atoms with Crippen LogP contribution in [0.3, 0.4) is 0 Å². The summed E-state index contributed by atoms with van der Waals surface area (Å²) in [5.41, 5.74) is 0. The molecule has 0 spiro atoms. The first kappa shape index (κ1) is 4.88. The molecule has 1 atom stereocenters. The number of halogens is 1. The number of hydrogen-bond acceptors (Lipinski definition) is 0. The van der Waals surface area contributed by atoms with E-state index in [4.69, 9.17) is 0 Å². The molecule has 0 nitrogen and oxygen atoms in total. The second kappa shape index (κ2) is 1.68. The average Bonchev–Trinajstić information content (AvgIpc) is 2.19. The Morgan fingerprint density at radius 1 is 1.83 bits per heavy atom. The summed E-state index contributed by atoms with van der Waals surface area (Å²) in [6.07, 6.45) is 1.47. The first-order valence-electron chi connectivity index (χ1n) is 2.39. The average molecular weight is 198 g/mol. The van der Waals surface area contributed by atoms with Crippen LogP contribution < -0.4 is 0 Å². The molecule has 0 aromatic carbocycles. The van der Waals surface area contributed by atoms with Gasteiger partial charge in [0.15, 0.2) is 0 Å². The van der Waals surface area contributed by atoms with Crippen LogP contribution in [-0.2, 0) is 0 Å². The van der Waals surface area contributed by atoms with E-state index in [1.54, 1.807) is 4.43 Å². The summed E-state index contributed by atoms with van der Waals surface area (Å²) in [6.45, 7) is 2.31. The van der Waals surface area contributed by atoms with Crippen molar-refractivity contribution in [3.8, 4) is 0 Å². The monoisotopic (exact) mass is 198 g/mol. The molecule has 0 saturated carbocycles. The third-order valence-electron chi connectivity index (χ3n) is 1.28. The molecule has 1 unspecified atom stereocenters. The van der Waals surface area contributed by atoms with E-state index in [0.717, 1.165) is 0 Å². The zero-order chi connectivity index (χ0) is 4.57. The maximum absolute atomic E-state index is 2.48. The molecule has 0 bridgehead atoms. The molecule has 6 heavy (non-hydrogen) atoms. The molecular formula is C5H11I. The van der Waals surface area contributed by atoms with Gasteiger partial charge < -0.3 is 0 Å². The van der Waals surface area contributed by atoms with Gasteiger partial charge in [0, 0.05) is 0 Å². The molecule has 1 fully saturated rings. The van der Waals surface area contributed by atoms with Gasteiger partial charge in [0.05, 0.1) is 0 Å². The molecule has 1 aliphatic rings. The quantitative estimate of drug-likeness (QED) is 0.446. The Bertz CT molecular complexity index is 49.9. The Balaban J connectivity index is 2.09. The Morgan fingerprint density at radius 3 is 2.33 bits per heavy atom. The Morgan fingerprint density at radius 2 is 2.33 bits per heavy atom. The van der Waals surface area contributed by atoms with Gasteiger partial charge in [-0.2, -0.15) is 0 Å². The fraction of sp³-hybridized carbons (Fsp3) is 1.00. The molecule has 0 amide bonds. The minimum atomic E-state index is -0.141. The fourth-order valence-electron chi connectivity index (χ4n) is 0.603. The van der Waals surface area contributed by atoms with Crippen LogP contribution in [0.4, 0.5) is 0 Å². The van der Waals surface area contributed by atoms with Gasteiger partial charge in [0.1, 0.15) is 0 Å². The van der Waals surface area contributed by atoms with E-state index in [1.807, 2.05) is 0 Å². The van der Waals surface area contributed by atoms with Crippen LogP contribution in [0.1, 0.15) is 13.3 Å². The Hall–Kier alpha value is 0.730. The van der Waals surface area contributed by atoms with Crippen molar-refractivity contribution >= 4 is 19.8 Å². The van der Waals surface area contributed by atoms with Gasteiger partial charge in [-0.3, -0.25) is 0 Å². The maximum atomic E-state index is 2.48. The minimum absolute atomic E-state index is 0.141. The van der Waals surface area contributed by atoms with Crippen LogP contribution in [0, 0.1) is 0 Å². The first-order valence-corrected chi connectivity index (χ1v) is 7.32. The second-order valence-corrected chi connectivity index (χ2v) is 8.09. The zero-order valence-corrected chi connectivity index (χ0v) is 6.53. The van der Waals surface area contributed by atoms with Gasteiger partial charge in [-0.15, -0.1) is 0 Å². The molecule has 0 aromatic heterocycles. The third-order valence-corrected chi connectivity index (χ3v) is 6.93. The van der Waals surface area contributed by atoms with Crippen LogP contribution >= 0.6 is 19.8 Å². The van der Waals surface area contributed by atoms with Crippen LogP contribution in [-0.4, -0.2) is 13.3 Å². The van der Waals surface area contributed by atoms with E-state index in [1.165, 1.54) is 10.3 Å². The number of hydrogen-bond donors (Lipinski definition) is 0. The van der Waals surface area contributed by atoms with E-state index < -0.39 is 0 Å². The summed E-state index contributed by atoms with van der Waals surface area (Å²) in [4.78, 5) is 2.48. The van der Waals surface area contributed by atoms with E-state index in [0.29, 0.717) is 0 Å². The van der Waals surface area contributed by atoms with Crippen LogP contribution in [0.5, 0.6) is 0 Å². The molecule has 1 heteroatoms. The molecule has 0 N–H and O–H groups in total. The van der Waals surface area contributed by atoms with Gasteiger partial charge in [0.25, 0.3) is 0 Å². The molecular weight excluding hydrogens is 187 g/mol.